The van der Waals surface area contributed by atoms with Crippen molar-refractivity contribution in [2.45, 2.75) is 51.0 Å². The minimum Gasteiger partial charge on any atom is -0.494 e. The van der Waals surface area contributed by atoms with E-state index >= 15 is 0 Å². The Kier molecular flexibility index (Phi) is 7.16. The Morgan fingerprint density at radius 3 is 2.48 bits per heavy atom. The number of ether oxygens (including phenoxy) is 2. The first-order chi connectivity index (χ1) is 13.3. The molecule has 5 nitrogen and oxygen atoms in total. The van der Waals surface area contributed by atoms with Crippen LogP contribution in [0.2, 0.25) is 0 Å². The molecule has 1 aliphatic heterocycles. The van der Waals surface area contributed by atoms with Crippen molar-refractivity contribution in [3.63, 3.8) is 0 Å². The molecule has 2 aliphatic rings. The van der Waals surface area contributed by atoms with E-state index in [2.05, 4.69) is 54.0 Å². The van der Waals surface area contributed by atoms with Crippen LogP contribution < -0.4 is 15.4 Å². The maximum Gasteiger partial charge on any atom is 0.191 e. The van der Waals surface area contributed by atoms with Crippen molar-refractivity contribution in [2.75, 3.05) is 32.9 Å². The molecule has 1 heterocycles. The highest BCUT2D eigenvalue weighted by Crippen LogP contribution is 2.36. The van der Waals surface area contributed by atoms with Gasteiger partial charge in [0, 0.05) is 31.2 Å². The standard InChI is InChI=1S/C22H33N3O2/c1-3-23-21(25-19-7-5-6-8-19)24-17-22(13-15-26-16-14-22)18-9-11-20(12-10-18)27-4-2/h5-6,9-12,19H,3-4,7-8,13-17H2,1-2H3,(H2,23,24,25). The minimum atomic E-state index is 0.0271. The fraction of sp³-hybridized carbons (Fsp3) is 0.591. The molecule has 0 bridgehead atoms. The number of hydrogen-bond acceptors (Lipinski definition) is 3. The van der Waals surface area contributed by atoms with Crippen LogP contribution in [0.25, 0.3) is 0 Å². The zero-order chi connectivity index (χ0) is 19.0. The van der Waals surface area contributed by atoms with Gasteiger partial charge in [0.2, 0.25) is 0 Å². The Balaban J connectivity index is 1.76. The maximum atomic E-state index is 5.66. The van der Waals surface area contributed by atoms with Crippen molar-refractivity contribution < 1.29 is 9.47 Å². The molecular weight excluding hydrogens is 338 g/mol. The smallest absolute Gasteiger partial charge is 0.191 e. The number of hydrogen-bond donors (Lipinski definition) is 2. The van der Waals surface area contributed by atoms with Gasteiger partial charge in [0.15, 0.2) is 5.96 Å². The van der Waals surface area contributed by atoms with E-state index in [1.54, 1.807) is 0 Å². The van der Waals surface area contributed by atoms with E-state index in [0.29, 0.717) is 12.6 Å². The third kappa shape index (κ3) is 5.25. The van der Waals surface area contributed by atoms with E-state index in [1.165, 1.54) is 5.56 Å². The number of nitrogens with zero attached hydrogens (tertiary/aromatic N) is 1. The lowest BCUT2D eigenvalue weighted by Gasteiger charge is -2.37. The summed E-state index contributed by atoms with van der Waals surface area (Å²) in [6, 6.07) is 9.01. The lowest BCUT2D eigenvalue weighted by Crippen LogP contribution is -2.44. The van der Waals surface area contributed by atoms with Crippen molar-refractivity contribution in [2.24, 2.45) is 4.99 Å². The van der Waals surface area contributed by atoms with Crippen LogP contribution >= 0.6 is 0 Å². The Bertz CT molecular complexity index is 625. The lowest BCUT2D eigenvalue weighted by molar-refractivity contribution is 0.0531. The van der Waals surface area contributed by atoms with Gasteiger partial charge in [-0.1, -0.05) is 24.3 Å². The predicted octanol–water partition coefficient (Wildman–Crippen LogP) is 3.41. The van der Waals surface area contributed by atoms with Crippen molar-refractivity contribution >= 4 is 5.96 Å². The van der Waals surface area contributed by atoms with E-state index in [4.69, 9.17) is 14.5 Å². The molecule has 0 unspecified atom stereocenters. The van der Waals surface area contributed by atoms with Crippen LogP contribution in [0.15, 0.2) is 41.4 Å². The van der Waals surface area contributed by atoms with Crippen LogP contribution in [-0.4, -0.2) is 44.9 Å². The molecule has 1 aromatic carbocycles. The lowest BCUT2D eigenvalue weighted by atomic mass is 9.74. The molecule has 0 radical (unpaired) electrons. The average molecular weight is 372 g/mol. The van der Waals surface area contributed by atoms with Crippen LogP contribution in [0.3, 0.4) is 0 Å². The monoisotopic (exact) mass is 371 g/mol. The molecule has 0 atom stereocenters. The molecule has 1 saturated heterocycles. The Morgan fingerprint density at radius 2 is 1.85 bits per heavy atom. The topological polar surface area (TPSA) is 54.9 Å². The summed E-state index contributed by atoms with van der Waals surface area (Å²) in [5, 5.41) is 6.98. The molecule has 5 heteroatoms. The molecule has 2 N–H and O–H groups in total. The molecule has 0 amide bonds. The van der Waals surface area contributed by atoms with Gasteiger partial charge in [-0.15, -0.1) is 0 Å². The second kappa shape index (κ2) is 9.79. The van der Waals surface area contributed by atoms with Gasteiger partial charge in [0.05, 0.1) is 13.2 Å². The summed E-state index contributed by atoms with van der Waals surface area (Å²) in [6.07, 6.45) is 8.61. The quantitative estimate of drug-likeness (QED) is 0.438. The molecule has 148 valence electrons. The predicted molar refractivity (Wildman–Crippen MR) is 111 cm³/mol. The molecule has 1 aliphatic carbocycles. The number of rotatable bonds is 7. The summed E-state index contributed by atoms with van der Waals surface area (Å²) in [6.45, 7) is 8.03. The molecule has 3 rings (SSSR count). The summed E-state index contributed by atoms with van der Waals surface area (Å²) in [7, 11) is 0. The molecule has 0 saturated carbocycles. The van der Waals surface area contributed by atoms with Gasteiger partial charge >= 0.3 is 0 Å². The van der Waals surface area contributed by atoms with Gasteiger partial charge < -0.3 is 20.1 Å². The molecular formula is C22H33N3O2. The van der Waals surface area contributed by atoms with Gasteiger partial charge in [-0.25, -0.2) is 0 Å². The number of nitrogens with one attached hydrogen (secondary N) is 2. The van der Waals surface area contributed by atoms with Gasteiger partial charge in [-0.2, -0.15) is 0 Å². The number of guanidine groups is 1. The SMILES string of the molecule is CCNC(=NCC1(c2ccc(OCC)cc2)CCOCC1)NC1CC=CC1. The van der Waals surface area contributed by atoms with Crippen molar-refractivity contribution in [1.29, 1.82) is 0 Å². The van der Waals surface area contributed by atoms with Gasteiger partial charge in [0.1, 0.15) is 5.75 Å². The fourth-order valence-electron chi connectivity index (χ4n) is 3.85. The van der Waals surface area contributed by atoms with Crippen molar-refractivity contribution in [3.05, 3.63) is 42.0 Å². The summed E-state index contributed by atoms with van der Waals surface area (Å²) in [5.74, 6) is 1.85. The highest BCUT2D eigenvalue weighted by Gasteiger charge is 2.34. The molecule has 1 aromatic rings. The highest BCUT2D eigenvalue weighted by molar-refractivity contribution is 5.80. The van der Waals surface area contributed by atoms with Gasteiger partial charge in [0.25, 0.3) is 0 Å². The van der Waals surface area contributed by atoms with E-state index in [9.17, 15) is 0 Å². The van der Waals surface area contributed by atoms with Crippen LogP contribution in [0.5, 0.6) is 5.75 Å². The first-order valence-corrected chi connectivity index (χ1v) is 10.3. The van der Waals surface area contributed by atoms with Crippen LogP contribution in [0, 0.1) is 0 Å². The Labute approximate surface area is 163 Å². The second-order valence-electron chi connectivity index (χ2n) is 7.33. The van der Waals surface area contributed by atoms with Crippen molar-refractivity contribution in [3.8, 4) is 5.75 Å². The Morgan fingerprint density at radius 1 is 1.15 bits per heavy atom. The molecule has 0 spiro atoms. The normalized spacial score (nSPS) is 19.9. The van der Waals surface area contributed by atoms with E-state index < -0.39 is 0 Å². The van der Waals surface area contributed by atoms with Crippen LogP contribution in [0.4, 0.5) is 0 Å². The molecule has 0 aromatic heterocycles. The average Bonchev–Trinajstić information content (AvgIpc) is 3.21. The maximum absolute atomic E-state index is 5.66. The first-order valence-electron chi connectivity index (χ1n) is 10.3. The highest BCUT2D eigenvalue weighted by atomic mass is 16.5. The van der Waals surface area contributed by atoms with Crippen molar-refractivity contribution in [1.82, 2.24) is 10.6 Å². The van der Waals surface area contributed by atoms with E-state index in [0.717, 1.165) is 63.7 Å². The second-order valence-corrected chi connectivity index (χ2v) is 7.33. The fourth-order valence-corrected chi connectivity index (χ4v) is 3.85. The number of aliphatic imine (C=N–C) groups is 1. The summed E-state index contributed by atoms with van der Waals surface area (Å²) in [5.41, 5.74) is 1.36. The molecule has 27 heavy (non-hydrogen) atoms. The van der Waals surface area contributed by atoms with Crippen LogP contribution in [0.1, 0.15) is 45.1 Å². The zero-order valence-electron chi connectivity index (χ0n) is 16.7. The summed E-state index contributed by atoms with van der Waals surface area (Å²) in [4.78, 5) is 4.99. The van der Waals surface area contributed by atoms with Gasteiger partial charge in [-0.3, -0.25) is 4.99 Å². The zero-order valence-corrected chi connectivity index (χ0v) is 16.7. The van der Waals surface area contributed by atoms with E-state index in [-0.39, 0.29) is 5.41 Å². The number of benzene rings is 1. The van der Waals surface area contributed by atoms with Crippen LogP contribution in [-0.2, 0) is 10.2 Å². The largest absolute Gasteiger partial charge is 0.494 e. The molecule has 1 fully saturated rings. The first kappa shape index (κ1) is 19.7. The minimum absolute atomic E-state index is 0.0271. The summed E-state index contributed by atoms with van der Waals surface area (Å²) >= 11 is 0. The van der Waals surface area contributed by atoms with Gasteiger partial charge in [-0.05, 0) is 57.2 Å². The third-order valence-electron chi connectivity index (χ3n) is 5.46. The third-order valence-corrected chi connectivity index (χ3v) is 5.46. The van der Waals surface area contributed by atoms with E-state index in [1.807, 2.05) is 6.92 Å². The summed E-state index contributed by atoms with van der Waals surface area (Å²) < 4.78 is 11.3. The Hall–Kier alpha value is -2.01.